The molecule has 13 heavy (non-hydrogen) atoms. The maximum Gasteiger partial charge on any atom is 0.502 e. The van der Waals surface area contributed by atoms with Crippen LogP contribution in [-0.2, 0) is 9.84 Å². The average molecular weight is 251 g/mol. The maximum atomic E-state index is 11.9. The zero-order valence-corrected chi connectivity index (χ0v) is 8.19. The number of alkyl halides is 3. The van der Waals surface area contributed by atoms with Crippen LogP contribution in [-0.4, -0.2) is 13.9 Å². The van der Waals surface area contributed by atoms with E-state index in [2.05, 4.69) is 0 Å². The SMILES string of the molecule is O=S(=O)(c1ccc(Cl)s1)C(F)(F)F. The highest BCUT2D eigenvalue weighted by molar-refractivity contribution is 7.94. The predicted molar refractivity (Wildman–Crippen MR) is 42.6 cm³/mol. The van der Waals surface area contributed by atoms with Gasteiger partial charge in [0.2, 0.25) is 0 Å². The van der Waals surface area contributed by atoms with Crippen LogP contribution in [0.1, 0.15) is 0 Å². The van der Waals surface area contributed by atoms with Gasteiger partial charge in [-0.05, 0) is 12.1 Å². The van der Waals surface area contributed by atoms with Crippen molar-refractivity contribution in [3.05, 3.63) is 16.5 Å². The highest BCUT2D eigenvalue weighted by atomic mass is 35.5. The molecule has 0 radical (unpaired) electrons. The Morgan fingerprint density at radius 3 is 2.15 bits per heavy atom. The van der Waals surface area contributed by atoms with Gasteiger partial charge in [-0.25, -0.2) is 8.42 Å². The Balaban J connectivity index is 3.24. The highest BCUT2D eigenvalue weighted by Crippen LogP contribution is 2.35. The van der Waals surface area contributed by atoms with Crippen LogP contribution in [0.2, 0.25) is 4.34 Å². The van der Waals surface area contributed by atoms with E-state index in [0.29, 0.717) is 11.3 Å². The van der Waals surface area contributed by atoms with Crippen molar-refractivity contribution in [3.8, 4) is 0 Å². The molecule has 0 bridgehead atoms. The molecule has 0 aliphatic carbocycles. The molecule has 0 fully saturated rings. The van der Waals surface area contributed by atoms with Crippen molar-refractivity contribution >= 4 is 32.8 Å². The van der Waals surface area contributed by atoms with Crippen molar-refractivity contribution < 1.29 is 21.6 Å². The number of halogens is 4. The molecule has 1 rings (SSSR count). The van der Waals surface area contributed by atoms with E-state index in [1.54, 1.807) is 0 Å². The Hall–Kier alpha value is -0.270. The minimum Gasteiger partial charge on any atom is -0.213 e. The molecular weight excluding hydrogens is 249 g/mol. The van der Waals surface area contributed by atoms with Crippen LogP contribution >= 0.6 is 22.9 Å². The van der Waals surface area contributed by atoms with Gasteiger partial charge < -0.3 is 0 Å². The lowest BCUT2D eigenvalue weighted by Gasteiger charge is -2.04. The van der Waals surface area contributed by atoms with Gasteiger partial charge in [0, 0.05) is 0 Å². The van der Waals surface area contributed by atoms with Crippen LogP contribution in [0.3, 0.4) is 0 Å². The molecule has 1 heterocycles. The smallest absolute Gasteiger partial charge is 0.213 e. The molecule has 0 saturated heterocycles. The first-order valence-electron chi connectivity index (χ1n) is 2.82. The van der Waals surface area contributed by atoms with Crippen molar-refractivity contribution in [1.29, 1.82) is 0 Å². The second-order valence-corrected chi connectivity index (χ2v) is 5.89. The second kappa shape index (κ2) is 3.14. The molecule has 74 valence electrons. The summed E-state index contributed by atoms with van der Waals surface area (Å²) in [6.07, 6.45) is 0. The van der Waals surface area contributed by atoms with Gasteiger partial charge in [-0.2, -0.15) is 13.2 Å². The molecule has 1 aromatic rings. The number of sulfone groups is 1. The van der Waals surface area contributed by atoms with Crippen LogP contribution in [0.15, 0.2) is 16.3 Å². The number of hydrogen-bond acceptors (Lipinski definition) is 3. The van der Waals surface area contributed by atoms with Crippen LogP contribution in [0.5, 0.6) is 0 Å². The largest absolute Gasteiger partial charge is 0.502 e. The third kappa shape index (κ3) is 1.97. The van der Waals surface area contributed by atoms with Crippen molar-refractivity contribution in [1.82, 2.24) is 0 Å². The predicted octanol–water partition coefficient (Wildman–Crippen LogP) is 2.70. The number of rotatable bonds is 1. The fraction of sp³-hybridized carbons (Fsp3) is 0.200. The van der Waals surface area contributed by atoms with Crippen LogP contribution in [0, 0.1) is 0 Å². The first-order valence-corrected chi connectivity index (χ1v) is 5.49. The van der Waals surface area contributed by atoms with E-state index < -0.39 is 19.6 Å². The minimum atomic E-state index is -5.26. The normalized spacial score (nSPS) is 13.2. The summed E-state index contributed by atoms with van der Waals surface area (Å²) < 4.78 is 56.3. The molecule has 8 heteroatoms. The molecule has 0 spiro atoms. The van der Waals surface area contributed by atoms with Gasteiger partial charge in [0.05, 0.1) is 4.34 Å². The molecule has 0 aliphatic rings. The summed E-state index contributed by atoms with van der Waals surface area (Å²) in [5, 5.41) is 0. The summed E-state index contributed by atoms with van der Waals surface area (Å²) in [4.78, 5) is 0. The van der Waals surface area contributed by atoms with E-state index in [1.807, 2.05) is 0 Å². The Kier molecular flexibility index (Phi) is 2.61. The number of hydrogen-bond donors (Lipinski definition) is 0. The van der Waals surface area contributed by atoms with E-state index in [0.717, 1.165) is 12.1 Å². The highest BCUT2D eigenvalue weighted by Gasteiger charge is 2.47. The summed E-state index contributed by atoms with van der Waals surface area (Å²) >= 11 is 5.68. The Labute approximate surface area is 80.9 Å². The fourth-order valence-corrected chi connectivity index (χ4v) is 2.94. The molecule has 0 N–H and O–H groups in total. The lowest BCUT2D eigenvalue weighted by molar-refractivity contribution is -0.0434. The van der Waals surface area contributed by atoms with Crippen molar-refractivity contribution in [2.24, 2.45) is 0 Å². The standard InChI is InChI=1S/C5H2ClF3O2S2/c6-3-1-2-4(12-3)13(10,11)5(7,8)9/h1-2H. The van der Waals surface area contributed by atoms with Gasteiger partial charge in [0.1, 0.15) is 4.21 Å². The first kappa shape index (κ1) is 10.8. The topological polar surface area (TPSA) is 34.1 Å². The van der Waals surface area contributed by atoms with Crippen LogP contribution in [0.4, 0.5) is 13.2 Å². The van der Waals surface area contributed by atoms with E-state index in [1.165, 1.54) is 0 Å². The molecule has 0 aromatic carbocycles. The van der Waals surface area contributed by atoms with E-state index >= 15 is 0 Å². The molecule has 0 atom stereocenters. The van der Waals surface area contributed by atoms with Crippen LogP contribution < -0.4 is 0 Å². The second-order valence-electron chi connectivity index (χ2n) is 2.01. The van der Waals surface area contributed by atoms with E-state index in [9.17, 15) is 21.6 Å². The molecule has 0 saturated carbocycles. The third-order valence-corrected chi connectivity index (χ3v) is 4.33. The van der Waals surface area contributed by atoms with Gasteiger partial charge >= 0.3 is 5.51 Å². The first-order chi connectivity index (χ1) is 5.75. The molecular formula is C5H2ClF3O2S2. The zero-order chi connectivity index (χ0) is 10.3. The summed E-state index contributed by atoms with van der Waals surface area (Å²) in [6, 6.07) is 1.93. The van der Waals surface area contributed by atoms with Gasteiger partial charge in [-0.15, -0.1) is 11.3 Å². The fourth-order valence-electron chi connectivity index (χ4n) is 0.556. The molecule has 2 nitrogen and oxygen atoms in total. The van der Waals surface area contributed by atoms with E-state index in [4.69, 9.17) is 11.6 Å². The maximum absolute atomic E-state index is 11.9. The Morgan fingerprint density at radius 1 is 1.31 bits per heavy atom. The molecule has 0 unspecified atom stereocenters. The minimum absolute atomic E-state index is 0.00262. The lowest BCUT2D eigenvalue weighted by Crippen LogP contribution is -2.22. The number of thiophene rings is 1. The van der Waals surface area contributed by atoms with Gasteiger partial charge in [-0.3, -0.25) is 0 Å². The van der Waals surface area contributed by atoms with Gasteiger partial charge in [0.15, 0.2) is 0 Å². The average Bonchev–Trinajstić information content (AvgIpc) is 2.33. The summed E-state index contributed by atoms with van der Waals surface area (Å²) in [5.41, 5.74) is -5.26. The van der Waals surface area contributed by atoms with Gasteiger partial charge in [-0.1, -0.05) is 11.6 Å². The monoisotopic (exact) mass is 250 g/mol. The third-order valence-electron chi connectivity index (χ3n) is 1.12. The molecule has 0 aliphatic heterocycles. The van der Waals surface area contributed by atoms with Crippen LogP contribution in [0.25, 0.3) is 0 Å². The summed E-state index contributed by atoms with van der Waals surface area (Å²) in [6.45, 7) is 0. The summed E-state index contributed by atoms with van der Waals surface area (Å²) in [5.74, 6) is 0. The van der Waals surface area contributed by atoms with Crippen molar-refractivity contribution in [2.45, 2.75) is 9.72 Å². The quantitative estimate of drug-likeness (QED) is 0.768. The van der Waals surface area contributed by atoms with Gasteiger partial charge in [0.25, 0.3) is 9.84 Å². The Bertz CT molecular complexity index is 406. The van der Waals surface area contributed by atoms with Crippen molar-refractivity contribution in [3.63, 3.8) is 0 Å². The summed E-state index contributed by atoms with van der Waals surface area (Å²) in [7, 11) is -5.22. The zero-order valence-electron chi connectivity index (χ0n) is 5.80. The molecule has 0 amide bonds. The van der Waals surface area contributed by atoms with Crippen molar-refractivity contribution in [2.75, 3.05) is 0 Å². The molecule has 1 aromatic heterocycles. The van der Waals surface area contributed by atoms with E-state index in [-0.39, 0.29) is 4.34 Å². The Morgan fingerprint density at radius 2 is 1.85 bits per heavy atom. The lowest BCUT2D eigenvalue weighted by atomic mass is 10.7.